The molecule has 0 aliphatic heterocycles. The average molecular weight is 391 g/mol. The number of anilines is 1. The second-order valence-corrected chi connectivity index (χ2v) is 7.26. The molecule has 1 saturated carbocycles. The number of para-hydroxylation sites is 2. The van der Waals surface area contributed by atoms with Crippen molar-refractivity contribution in [1.82, 2.24) is 5.32 Å². The lowest BCUT2D eigenvalue weighted by Crippen LogP contribution is -2.48. The molecule has 0 saturated heterocycles. The molecule has 6 heteroatoms. The predicted molar refractivity (Wildman–Crippen MR) is 111 cm³/mol. The van der Waals surface area contributed by atoms with Crippen LogP contribution < -0.4 is 15.4 Å². The maximum Gasteiger partial charge on any atom is 0.259 e. The van der Waals surface area contributed by atoms with Crippen LogP contribution in [0.1, 0.15) is 48.9 Å². The molecule has 0 heterocycles. The molecule has 29 heavy (non-hydrogen) atoms. The van der Waals surface area contributed by atoms with Crippen molar-refractivity contribution in [1.29, 1.82) is 5.26 Å². The van der Waals surface area contributed by atoms with Gasteiger partial charge in [-0.15, -0.1) is 0 Å². The number of amides is 2. The van der Waals surface area contributed by atoms with E-state index < -0.39 is 5.54 Å². The summed E-state index contributed by atoms with van der Waals surface area (Å²) in [6.07, 6.45) is 5.34. The smallest absolute Gasteiger partial charge is 0.259 e. The van der Waals surface area contributed by atoms with Gasteiger partial charge in [0.2, 0.25) is 0 Å². The molecule has 2 N–H and O–H groups in total. The van der Waals surface area contributed by atoms with Crippen molar-refractivity contribution in [3.8, 4) is 11.8 Å². The number of ether oxygens (including phenoxy) is 1. The molecule has 150 valence electrons. The maximum atomic E-state index is 12.6. The van der Waals surface area contributed by atoms with E-state index in [0.29, 0.717) is 29.8 Å². The van der Waals surface area contributed by atoms with Gasteiger partial charge >= 0.3 is 0 Å². The van der Waals surface area contributed by atoms with Gasteiger partial charge in [0, 0.05) is 5.69 Å². The number of rotatable bonds is 6. The van der Waals surface area contributed by atoms with Crippen LogP contribution in [0, 0.1) is 11.3 Å². The molecule has 2 aromatic rings. The highest BCUT2D eigenvalue weighted by molar-refractivity contribution is 6.06. The number of carbonyl (C=O) groups excluding carboxylic acids is 2. The van der Waals surface area contributed by atoms with E-state index in [0.717, 1.165) is 25.7 Å². The molecule has 2 amide bonds. The molecule has 0 radical (unpaired) electrons. The molecule has 3 rings (SSSR count). The third kappa shape index (κ3) is 5.58. The molecule has 0 spiro atoms. The van der Waals surface area contributed by atoms with Gasteiger partial charge in [0.15, 0.2) is 6.61 Å². The summed E-state index contributed by atoms with van der Waals surface area (Å²) in [5.41, 5.74) is 0.198. The number of nitrogens with one attached hydrogen (secondary N) is 2. The molecule has 0 aromatic heterocycles. The van der Waals surface area contributed by atoms with Crippen molar-refractivity contribution in [2.75, 3.05) is 11.9 Å². The van der Waals surface area contributed by atoms with E-state index >= 15 is 0 Å². The number of nitrogens with zero attached hydrogens (tertiary/aromatic N) is 1. The average Bonchev–Trinajstić information content (AvgIpc) is 2.99. The summed E-state index contributed by atoms with van der Waals surface area (Å²) in [6, 6.07) is 18.2. The highest BCUT2D eigenvalue weighted by Gasteiger charge is 2.32. The largest absolute Gasteiger partial charge is 0.483 e. The van der Waals surface area contributed by atoms with E-state index in [1.54, 1.807) is 36.4 Å². The lowest BCUT2D eigenvalue weighted by Gasteiger charge is -2.26. The molecule has 2 aromatic carbocycles. The molecular weight excluding hydrogens is 366 g/mol. The van der Waals surface area contributed by atoms with Crippen molar-refractivity contribution in [3.63, 3.8) is 0 Å². The van der Waals surface area contributed by atoms with Crippen LogP contribution in [-0.2, 0) is 4.79 Å². The Kier molecular flexibility index (Phi) is 6.85. The fraction of sp³-hybridized carbons (Fsp3) is 0.348. The van der Waals surface area contributed by atoms with Crippen LogP contribution >= 0.6 is 0 Å². The summed E-state index contributed by atoms with van der Waals surface area (Å²) >= 11 is 0. The summed E-state index contributed by atoms with van der Waals surface area (Å²) in [5, 5.41) is 15.3. The molecule has 1 aliphatic carbocycles. The van der Waals surface area contributed by atoms with Crippen molar-refractivity contribution in [3.05, 3.63) is 60.2 Å². The fourth-order valence-corrected chi connectivity index (χ4v) is 3.54. The third-order valence-corrected chi connectivity index (χ3v) is 5.07. The summed E-state index contributed by atoms with van der Waals surface area (Å²) < 4.78 is 5.64. The number of benzene rings is 2. The molecule has 1 aliphatic rings. The van der Waals surface area contributed by atoms with Gasteiger partial charge in [-0.1, -0.05) is 56.0 Å². The SMILES string of the molecule is N#CC1(NC(=O)COc2ccccc2C(=O)Nc2ccccc2)CCCCCC1. The highest BCUT2D eigenvalue weighted by atomic mass is 16.5. The van der Waals surface area contributed by atoms with Gasteiger partial charge in [-0.2, -0.15) is 5.26 Å². The van der Waals surface area contributed by atoms with Gasteiger partial charge < -0.3 is 15.4 Å². The van der Waals surface area contributed by atoms with Crippen LogP contribution in [0.15, 0.2) is 54.6 Å². The second kappa shape index (κ2) is 9.74. The summed E-state index contributed by atoms with van der Waals surface area (Å²) in [7, 11) is 0. The van der Waals surface area contributed by atoms with Crippen molar-refractivity contribution < 1.29 is 14.3 Å². The lowest BCUT2D eigenvalue weighted by atomic mass is 9.92. The van der Waals surface area contributed by atoms with Gasteiger partial charge in [0.05, 0.1) is 11.6 Å². The fourth-order valence-electron chi connectivity index (χ4n) is 3.54. The number of hydrogen-bond donors (Lipinski definition) is 2. The standard InChI is InChI=1S/C23H25N3O3/c24-17-23(14-8-1-2-9-15-23)26-21(27)16-29-20-13-7-6-12-19(20)22(28)25-18-10-4-3-5-11-18/h3-7,10-13H,1-2,8-9,14-16H2,(H,25,28)(H,26,27). The minimum atomic E-state index is -0.818. The maximum absolute atomic E-state index is 12.6. The van der Waals surface area contributed by atoms with Crippen LogP contribution in [0.4, 0.5) is 5.69 Å². The van der Waals surface area contributed by atoms with Crippen LogP contribution in [0.25, 0.3) is 0 Å². The first-order chi connectivity index (χ1) is 14.1. The first-order valence-electron chi connectivity index (χ1n) is 9.92. The zero-order valence-corrected chi connectivity index (χ0v) is 16.3. The lowest BCUT2D eigenvalue weighted by molar-refractivity contribution is -0.124. The summed E-state index contributed by atoms with van der Waals surface area (Å²) in [6.45, 7) is -0.251. The van der Waals surface area contributed by atoms with E-state index in [-0.39, 0.29) is 18.4 Å². The van der Waals surface area contributed by atoms with Crippen LogP contribution in [0.5, 0.6) is 5.75 Å². The quantitative estimate of drug-likeness (QED) is 0.727. The van der Waals surface area contributed by atoms with Crippen LogP contribution in [0.2, 0.25) is 0 Å². The van der Waals surface area contributed by atoms with E-state index in [2.05, 4.69) is 16.7 Å². The molecule has 6 nitrogen and oxygen atoms in total. The van der Waals surface area contributed by atoms with E-state index in [1.807, 2.05) is 18.2 Å². The second-order valence-electron chi connectivity index (χ2n) is 7.26. The van der Waals surface area contributed by atoms with E-state index in [9.17, 15) is 14.9 Å². The Morgan fingerprint density at radius 2 is 1.62 bits per heavy atom. The zero-order chi connectivity index (χ0) is 20.5. The zero-order valence-electron chi connectivity index (χ0n) is 16.3. The van der Waals surface area contributed by atoms with Gasteiger partial charge in [0.1, 0.15) is 11.3 Å². The molecule has 0 atom stereocenters. The van der Waals surface area contributed by atoms with Gasteiger partial charge in [0.25, 0.3) is 11.8 Å². The Balaban J connectivity index is 1.62. The van der Waals surface area contributed by atoms with Crippen molar-refractivity contribution >= 4 is 17.5 Å². The normalized spacial score (nSPS) is 15.4. The van der Waals surface area contributed by atoms with E-state index in [4.69, 9.17) is 4.74 Å². The van der Waals surface area contributed by atoms with Crippen LogP contribution in [-0.4, -0.2) is 24.0 Å². The van der Waals surface area contributed by atoms with Gasteiger partial charge in [-0.25, -0.2) is 0 Å². The van der Waals surface area contributed by atoms with Gasteiger partial charge in [-0.3, -0.25) is 9.59 Å². The van der Waals surface area contributed by atoms with Gasteiger partial charge in [-0.05, 0) is 37.1 Å². The number of nitriles is 1. The minimum Gasteiger partial charge on any atom is -0.483 e. The highest BCUT2D eigenvalue weighted by Crippen LogP contribution is 2.26. The Hall–Kier alpha value is -3.33. The minimum absolute atomic E-state index is 0.251. The molecule has 0 bridgehead atoms. The first kappa shape index (κ1) is 20.4. The Labute approximate surface area is 170 Å². The van der Waals surface area contributed by atoms with Crippen LogP contribution in [0.3, 0.4) is 0 Å². The monoisotopic (exact) mass is 391 g/mol. The predicted octanol–water partition coefficient (Wildman–Crippen LogP) is 4.05. The topological polar surface area (TPSA) is 91.2 Å². The molecule has 0 unspecified atom stereocenters. The first-order valence-corrected chi connectivity index (χ1v) is 9.92. The van der Waals surface area contributed by atoms with Crippen molar-refractivity contribution in [2.24, 2.45) is 0 Å². The Morgan fingerprint density at radius 3 is 2.31 bits per heavy atom. The Morgan fingerprint density at radius 1 is 0.966 bits per heavy atom. The summed E-state index contributed by atoms with van der Waals surface area (Å²) in [4.78, 5) is 25.0. The third-order valence-electron chi connectivity index (χ3n) is 5.07. The molecule has 1 fully saturated rings. The number of carbonyl (C=O) groups is 2. The van der Waals surface area contributed by atoms with Crippen molar-refractivity contribution in [2.45, 2.75) is 44.1 Å². The molecular formula is C23H25N3O3. The number of hydrogen-bond acceptors (Lipinski definition) is 4. The summed E-state index contributed by atoms with van der Waals surface area (Å²) in [5.74, 6) is -0.348. The van der Waals surface area contributed by atoms with E-state index in [1.165, 1.54) is 0 Å². The Bertz CT molecular complexity index is 882.